The number of phenolic OH excluding ortho intramolecular Hbond substituents is 1. The molecule has 0 spiro atoms. The summed E-state index contributed by atoms with van der Waals surface area (Å²) in [5.74, 6) is 0.679. The van der Waals surface area contributed by atoms with Crippen molar-refractivity contribution in [1.29, 1.82) is 0 Å². The van der Waals surface area contributed by atoms with Crippen LogP contribution in [-0.4, -0.2) is 11.0 Å². The third-order valence-corrected chi connectivity index (χ3v) is 4.69. The Morgan fingerprint density at radius 3 is 2.50 bits per heavy atom. The molecule has 4 rings (SSSR count). The lowest BCUT2D eigenvalue weighted by Crippen LogP contribution is -2.08. The minimum absolute atomic E-state index is 0.187. The van der Waals surface area contributed by atoms with E-state index >= 15 is 0 Å². The molecule has 2 N–H and O–H groups in total. The maximum atomic E-state index is 12.4. The molecule has 0 saturated heterocycles. The van der Waals surface area contributed by atoms with E-state index in [0.29, 0.717) is 17.7 Å². The van der Waals surface area contributed by atoms with Crippen LogP contribution in [-0.2, 0) is 11.4 Å². The first kappa shape index (κ1) is 19.3. The SMILES string of the molecule is O=C(/C=C/c1cccc(OCc2ccccc2)c1)Nc1cccc2c(O)cccc12. The lowest BCUT2D eigenvalue weighted by atomic mass is 10.1. The van der Waals surface area contributed by atoms with Crippen LogP contribution in [0.15, 0.2) is 97.1 Å². The first-order valence-corrected chi connectivity index (χ1v) is 9.65. The molecule has 30 heavy (non-hydrogen) atoms. The molecule has 0 aromatic heterocycles. The summed E-state index contributed by atoms with van der Waals surface area (Å²) < 4.78 is 5.84. The van der Waals surface area contributed by atoms with Gasteiger partial charge < -0.3 is 15.2 Å². The van der Waals surface area contributed by atoms with Gasteiger partial charge in [-0.25, -0.2) is 0 Å². The van der Waals surface area contributed by atoms with Crippen molar-refractivity contribution in [3.63, 3.8) is 0 Å². The van der Waals surface area contributed by atoms with Gasteiger partial charge in [-0.05, 0) is 41.5 Å². The highest BCUT2D eigenvalue weighted by Crippen LogP contribution is 2.29. The van der Waals surface area contributed by atoms with Crippen molar-refractivity contribution in [2.45, 2.75) is 6.61 Å². The molecule has 0 aliphatic heterocycles. The van der Waals surface area contributed by atoms with Crippen LogP contribution < -0.4 is 10.1 Å². The molecule has 0 heterocycles. The number of carbonyl (C=O) groups is 1. The molecule has 4 aromatic rings. The summed E-state index contributed by atoms with van der Waals surface area (Å²) in [6.45, 7) is 0.489. The number of aromatic hydroxyl groups is 1. The van der Waals surface area contributed by atoms with Crippen LogP contribution in [0.1, 0.15) is 11.1 Å². The van der Waals surface area contributed by atoms with Crippen molar-refractivity contribution in [1.82, 2.24) is 0 Å². The predicted octanol–water partition coefficient (Wildman–Crippen LogP) is 5.78. The number of ether oxygens (including phenoxy) is 1. The van der Waals surface area contributed by atoms with Gasteiger partial charge in [-0.2, -0.15) is 0 Å². The standard InChI is InChI=1S/C26H21NO3/c28-25-14-6-11-22-23(25)12-5-13-24(22)27-26(29)16-15-19-9-4-10-21(17-19)30-18-20-7-2-1-3-8-20/h1-17,28H,18H2,(H,27,29)/b16-15+. The number of fused-ring (bicyclic) bond motifs is 1. The third-order valence-electron chi connectivity index (χ3n) is 4.69. The average molecular weight is 395 g/mol. The van der Waals surface area contributed by atoms with Crippen LogP contribution in [0.3, 0.4) is 0 Å². The van der Waals surface area contributed by atoms with Crippen LogP contribution in [0, 0.1) is 0 Å². The van der Waals surface area contributed by atoms with Crippen LogP contribution in [0.5, 0.6) is 11.5 Å². The Morgan fingerprint density at radius 2 is 1.63 bits per heavy atom. The molecule has 0 atom stereocenters. The van der Waals surface area contributed by atoms with Crippen LogP contribution in [0.25, 0.3) is 16.8 Å². The van der Waals surface area contributed by atoms with E-state index in [1.54, 1.807) is 24.3 Å². The Kier molecular flexibility index (Phi) is 5.76. The second kappa shape index (κ2) is 8.97. The lowest BCUT2D eigenvalue weighted by Gasteiger charge is -2.08. The molecule has 0 radical (unpaired) electrons. The number of benzene rings is 4. The fourth-order valence-corrected chi connectivity index (χ4v) is 3.20. The Bertz CT molecular complexity index is 1200. The van der Waals surface area contributed by atoms with Gasteiger partial charge in [0.2, 0.25) is 5.91 Å². The van der Waals surface area contributed by atoms with Crippen molar-refractivity contribution in [3.05, 3.63) is 108 Å². The highest BCUT2D eigenvalue weighted by Gasteiger charge is 2.06. The van der Waals surface area contributed by atoms with E-state index in [0.717, 1.165) is 22.3 Å². The monoisotopic (exact) mass is 395 g/mol. The topological polar surface area (TPSA) is 58.6 Å². The Morgan fingerprint density at radius 1 is 0.867 bits per heavy atom. The zero-order valence-corrected chi connectivity index (χ0v) is 16.3. The average Bonchev–Trinajstić information content (AvgIpc) is 2.78. The number of phenols is 1. The van der Waals surface area contributed by atoms with Gasteiger partial charge in [0.1, 0.15) is 18.1 Å². The van der Waals surface area contributed by atoms with Gasteiger partial charge in [0.25, 0.3) is 0 Å². The van der Waals surface area contributed by atoms with Crippen molar-refractivity contribution in [3.8, 4) is 11.5 Å². The molecule has 4 nitrogen and oxygen atoms in total. The molecular weight excluding hydrogens is 374 g/mol. The molecule has 0 aliphatic rings. The molecule has 4 aromatic carbocycles. The summed E-state index contributed by atoms with van der Waals surface area (Å²) in [5, 5.41) is 14.3. The Balaban J connectivity index is 1.43. The van der Waals surface area contributed by atoms with Gasteiger partial charge >= 0.3 is 0 Å². The molecule has 0 unspecified atom stereocenters. The van der Waals surface area contributed by atoms with Crippen LogP contribution in [0.2, 0.25) is 0 Å². The minimum Gasteiger partial charge on any atom is -0.507 e. The lowest BCUT2D eigenvalue weighted by molar-refractivity contribution is -0.111. The fourth-order valence-electron chi connectivity index (χ4n) is 3.20. The minimum atomic E-state index is -0.249. The Labute approximate surface area is 175 Å². The fraction of sp³-hybridized carbons (Fsp3) is 0.0385. The predicted molar refractivity (Wildman–Crippen MR) is 120 cm³/mol. The molecule has 0 fully saturated rings. The smallest absolute Gasteiger partial charge is 0.248 e. The summed E-state index contributed by atoms with van der Waals surface area (Å²) in [6.07, 6.45) is 3.23. The van der Waals surface area contributed by atoms with E-state index in [-0.39, 0.29) is 11.7 Å². The molecule has 4 heteroatoms. The molecule has 0 aliphatic carbocycles. The van der Waals surface area contributed by atoms with E-state index in [4.69, 9.17) is 4.74 Å². The maximum absolute atomic E-state index is 12.4. The van der Waals surface area contributed by atoms with Gasteiger partial charge in [0, 0.05) is 22.5 Å². The number of anilines is 1. The summed E-state index contributed by atoms with van der Waals surface area (Å²) >= 11 is 0. The van der Waals surface area contributed by atoms with E-state index in [1.165, 1.54) is 6.08 Å². The van der Waals surface area contributed by atoms with Crippen molar-refractivity contribution < 1.29 is 14.6 Å². The van der Waals surface area contributed by atoms with Crippen molar-refractivity contribution in [2.24, 2.45) is 0 Å². The Hall–Kier alpha value is -4.05. The first-order valence-electron chi connectivity index (χ1n) is 9.65. The maximum Gasteiger partial charge on any atom is 0.248 e. The van der Waals surface area contributed by atoms with E-state index in [9.17, 15) is 9.90 Å². The van der Waals surface area contributed by atoms with Gasteiger partial charge in [0.05, 0.1) is 0 Å². The van der Waals surface area contributed by atoms with Gasteiger partial charge in [0.15, 0.2) is 0 Å². The zero-order valence-electron chi connectivity index (χ0n) is 16.3. The van der Waals surface area contributed by atoms with Gasteiger partial charge in [-0.15, -0.1) is 0 Å². The highest BCUT2D eigenvalue weighted by molar-refractivity contribution is 6.08. The molecule has 148 valence electrons. The van der Waals surface area contributed by atoms with E-state index < -0.39 is 0 Å². The molecule has 0 bridgehead atoms. The van der Waals surface area contributed by atoms with Crippen LogP contribution in [0.4, 0.5) is 5.69 Å². The van der Waals surface area contributed by atoms with Crippen molar-refractivity contribution in [2.75, 3.05) is 5.32 Å². The van der Waals surface area contributed by atoms with Crippen molar-refractivity contribution >= 4 is 28.4 Å². The molecular formula is C26H21NO3. The summed E-state index contributed by atoms with van der Waals surface area (Å²) in [4.78, 5) is 12.4. The van der Waals surface area contributed by atoms with Gasteiger partial charge in [-0.1, -0.05) is 66.7 Å². The third kappa shape index (κ3) is 4.67. The summed E-state index contributed by atoms with van der Waals surface area (Å²) in [5.41, 5.74) is 2.61. The largest absolute Gasteiger partial charge is 0.507 e. The number of amides is 1. The zero-order chi connectivity index (χ0) is 20.8. The summed E-state index contributed by atoms with van der Waals surface area (Å²) in [6, 6.07) is 28.2. The number of carbonyl (C=O) groups excluding carboxylic acids is 1. The number of rotatable bonds is 6. The van der Waals surface area contributed by atoms with Gasteiger partial charge in [-0.3, -0.25) is 4.79 Å². The number of hydrogen-bond donors (Lipinski definition) is 2. The van der Waals surface area contributed by atoms with E-state index in [1.807, 2.05) is 72.8 Å². The second-order valence-corrected chi connectivity index (χ2v) is 6.85. The normalized spacial score (nSPS) is 10.9. The van der Waals surface area contributed by atoms with E-state index in [2.05, 4.69) is 5.32 Å². The van der Waals surface area contributed by atoms with Crippen LogP contribution >= 0.6 is 0 Å². The second-order valence-electron chi connectivity index (χ2n) is 6.85. The number of nitrogens with one attached hydrogen (secondary N) is 1. The quantitative estimate of drug-likeness (QED) is 0.407. The summed E-state index contributed by atoms with van der Waals surface area (Å²) in [7, 11) is 0. The molecule has 1 amide bonds. The molecule has 0 saturated carbocycles. The first-order chi connectivity index (χ1) is 14.7. The highest BCUT2D eigenvalue weighted by atomic mass is 16.5. The number of hydrogen-bond acceptors (Lipinski definition) is 3.